The number of ether oxygens (including phenoxy) is 2. The summed E-state index contributed by atoms with van der Waals surface area (Å²) in [5.41, 5.74) is 0.0801. The Labute approximate surface area is 120 Å². The molecular weight excluding hydrogens is 284 g/mol. The number of carbonyl (C=O) groups excluding carboxylic acids is 2. The van der Waals surface area contributed by atoms with E-state index in [4.69, 9.17) is 4.74 Å². The van der Waals surface area contributed by atoms with Gasteiger partial charge in [0.1, 0.15) is 11.6 Å². The van der Waals surface area contributed by atoms with E-state index in [2.05, 4.69) is 4.74 Å². The number of methoxy groups -OCH3 is 1. The fourth-order valence-corrected chi connectivity index (χ4v) is 2.16. The van der Waals surface area contributed by atoms with Gasteiger partial charge in [0.05, 0.1) is 26.7 Å². The van der Waals surface area contributed by atoms with Gasteiger partial charge in [0.25, 0.3) is 0 Å². The number of amides is 1. The normalized spacial score (nSPS) is 18.4. The van der Waals surface area contributed by atoms with Crippen molar-refractivity contribution < 1.29 is 27.8 Å². The van der Waals surface area contributed by atoms with Gasteiger partial charge in [-0.15, -0.1) is 0 Å². The van der Waals surface area contributed by atoms with Gasteiger partial charge >= 0.3 is 5.97 Å². The van der Waals surface area contributed by atoms with Gasteiger partial charge in [-0.05, 0) is 11.6 Å². The van der Waals surface area contributed by atoms with Gasteiger partial charge in [-0.2, -0.15) is 0 Å². The van der Waals surface area contributed by atoms with Gasteiger partial charge in [-0.25, -0.2) is 13.6 Å². The van der Waals surface area contributed by atoms with Crippen molar-refractivity contribution in [2.45, 2.75) is 12.5 Å². The molecule has 1 aromatic carbocycles. The molecule has 0 bridgehead atoms. The van der Waals surface area contributed by atoms with Crippen LogP contribution in [0.2, 0.25) is 0 Å². The molecule has 1 heterocycles. The number of halogens is 2. The topological polar surface area (TPSA) is 55.8 Å². The van der Waals surface area contributed by atoms with Gasteiger partial charge in [0.2, 0.25) is 5.91 Å². The lowest BCUT2D eigenvalue weighted by atomic mass is 10.1. The maximum absolute atomic E-state index is 13.6. The first-order valence-corrected chi connectivity index (χ1v) is 6.42. The molecule has 0 N–H and O–H groups in total. The van der Waals surface area contributed by atoms with Crippen molar-refractivity contribution >= 4 is 11.9 Å². The summed E-state index contributed by atoms with van der Waals surface area (Å²) in [6.45, 7) is 0.566. The molecule has 0 aliphatic carbocycles. The molecule has 1 amide bonds. The largest absolute Gasteiger partial charge is 0.467 e. The molecule has 0 aromatic heterocycles. The van der Waals surface area contributed by atoms with E-state index in [0.29, 0.717) is 6.61 Å². The molecule has 21 heavy (non-hydrogen) atoms. The van der Waals surface area contributed by atoms with E-state index in [1.165, 1.54) is 18.1 Å². The lowest BCUT2D eigenvalue weighted by molar-refractivity contribution is -0.160. The van der Waals surface area contributed by atoms with Gasteiger partial charge in [-0.3, -0.25) is 4.79 Å². The molecule has 1 fully saturated rings. The fraction of sp³-hybridized carbons (Fsp3) is 0.429. The van der Waals surface area contributed by atoms with Crippen molar-refractivity contribution in [3.63, 3.8) is 0 Å². The number of carbonyl (C=O) groups is 2. The van der Waals surface area contributed by atoms with E-state index in [1.807, 2.05) is 0 Å². The molecule has 1 aliphatic rings. The zero-order chi connectivity index (χ0) is 15.4. The molecule has 5 nitrogen and oxygen atoms in total. The standard InChI is InChI=1S/C14H15F2NO4/c1-20-14(19)12-8-21-5-4-17(12)13(18)6-9-2-3-10(15)7-11(9)16/h2-3,7,12H,4-6,8H2,1H3. The number of benzene rings is 1. The van der Waals surface area contributed by atoms with E-state index in [1.54, 1.807) is 0 Å². The number of hydrogen-bond donors (Lipinski definition) is 0. The lowest BCUT2D eigenvalue weighted by Gasteiger charge is -2.33. The molecule has 1 unspecified atom stereocenters. The molecule has 1 atom stereocenters. The fourth-order valence-electron chi connectivity index (χ4n) is 2.16. The lowest BCUT2D eigenvalue weighted by Crippen LogP contribution is -2.53. The van der Waals surface area contributed by atoms with Gasteiger partial charge in [-0.1, -0.05) is 6.07 Å². The SMILES string of the molecule is COC(=O)C1COCCN1C(=O)Cc1ccc(F)cc1F. The highest BCUT2D eigenvalue weighted by Gasteiger charge is 2.33. The molecule has 1 aliphatic heterocycles. The van der Waals surface area contributed by atoms with Crippen LogP contribution in [0, 0.1) is 11.6 Å². The Bertz CT molecular complexity index is 550. The number of rotatable bonds is 3. The van der Waals surface area contributed by atoms with E-state index >= 15 is 0 Å². The molecule has 114 valence electrons. The summed E-state index contributed by atoms with van der Waals surface area (Å²) in [5, 5.41) is 0. The van der Waals surface area contributed by atoms with E-state index in [0.717, 1.165) is 12.1 Å². The molecule has 1 aromatic rings. The predicted molar refractivity (Wildman–Crippen MR) is 68.4 cm³/mol. The van der Waals surface area contributed by atoms with Crippen molar-refractivity contribution in [1.82, 2.24) is 4.90 Å². The van der Waals surface area contributed by atoms with Crippen LogP contribution in [-0.4, -0.2) is 49.7 Å². The number of esters is 1. The highest BCUT2D eigenvalue weighted by atomic mass is 19.1. The van der Waals surface area contributed by atoms with Crippen LogP contribution in [0.5, 0.6) is 0 Å². The average molecular weight is 299 g/mol. The summed E-state index contributed by atoms with van der Waals surface area (Å²) >= 11 is 0. The van der Waals surface area contributed by atoms with E-state index in [-0.39, 0.29) is 25.1 Å². The summed E-state index contributed by atoms with van der Waals surface area (Å²) in [4.78, 5) is 25.2. The molecular formula is C14H15F2NO4. The second kappa shape index (κ2) is 6.62. The maximum Gasteiger partial charge on any atom is 0.331 e. The highest BCUT2D eigenvalue weighted by molar-refractivity contribution is 5.86. The van der Waals surface area contributed by atoms with Crippen LogP contribution in [0.1, 0.15) is 5.56 Å². The molecule has 7 heteroatoms. The maximum atomic E-state index is 13.6. The molecule has 1 saturated heterocycles. The Kier molecular flexibility index (Phi) is 4.85. The van der Waals surface area contributed by atoms with Crippen molar-refractivity contribution in [1.29, 1.82) is 0 Å². The van der Waals surface area contributed by atoms with Crippen molar-refractivity contribution in [2.24, 2.45) is 0 Å². The molecule has 0 saturated carbocycles. The minimum atomic E-state index is -0.834. The van der Waals surface area contributed by atoms with Crippen LogP contribution < -0.4 is 0 Å². The Morgan fingerprint density at radius 3 is 2.86 bits per heavy atom. The third-order valence-electron chi connectivity index (χ3n) is 3.28. The quantitative estimate of drug-likeness (QED) is 0.779. The van der Waals surface area contributed by atoms with E-state index < -0.39 is 29.6 Å². The smallest absolute Gasteiger partial charge is 0.331 e. The zero-order valence-corrected chi connectivity index (χ0v) is 11.5. The summed E-state index contributed by atoms with van der Waals surface area (Å²) in [5.74, 6) is -2.50. The highest BCUT2D eigenvalue weighted by Crippen LogP contribution is 2.15. The number of nitrogens with zero attached hydrogens (tertiary/aromatic N) is 1. The Morgan fingerprint density at radius 2 is 2.19 bits per heavy atom. The Morgan fingerprint density at radius 1 is 1.43 bits per heavy atom. The third kappa shape index (κ3) is 3.55. The number of morpholine rings is 1. The first kappa shape index (κ1) is 15.4. The predicted octanol–water partition coefficient (Wildman–Crippen LogP) is 0.908. The second-order valence-electron chi connectivity index (χ2n) is 4.61. The first-order valence-electron chi connectivity index (χ1n) is 6.42. The van der Waals surface area contributed by atoms with Gasteiger partial charge in [0.15, 0.2) is 6.04 Å². The van der Waals surface area contributed by atoms with Gasteiger partial charge in [0, 0.05) is 12.6 Å². The Balaban J connectivity index is 2.12. The number of hydrogen-bond acceptors (Lipinski definition) is 4. The summed E-state index contributed by atoms with van der Waals surface area (Å²) < 4.78 is 36.2. The summed E-state index contributed by atoms with van der Waals surface area (Å²) in [6, 6.07) is 2.19. The van der Waals surface area contributed by atoms with Crippen LogP contribution in [0.15, 0.2) is 18.2 Å². The van der Waals surface area contributed by atoms with Crippen molar-refractivity contribution in [2.75, 3.05) is 26.9 Å². The Hall–Kier alpha value is -2.02. The van der Waals surface area contributed by atoms with Crippen LogP contribution >= 0.6 is 0 Å². The van der Waals surface area contributed by atoms with Gasteiger partial charge < -0.3 is 14.4 Å². The van der Waals surface area contributed by atoms with Crippen LogP contribution in [0.25, 0.3) is 0 Å². The van der Waals surface area contributed by atoms with Crippen LogP contribution in [-0.2, 0) is 25.5 Å². The third-order valence-corrected chi connectivity index (χ3v) is 3.28. The minimum absolute atomic E-state index is 0.0459. The van der Waals surface area contributed by atoms with Crippen LogP contribution in [0.4, 0.5) is 8.78 Å². The molecule has 0 radical (unpaired) electrons. The second-order valence-corrected chi connectivity index (χ2v) is 4.61. The summed E-state index contributed by atoms with van der Waals surface area (Å²) in [7, 11) is 1.22. The minimum Gasteiger partial charge on any atom is -0.467 e. The molecule has 2 rings (SSSR count). The zero-order valence-electron chi connectivity index (χ0n) is 11.5. The van der Waals surface area contributed by atoms with Crippen LogP contribution in [0.3, 0.4) is 0 Å². The monoisotopic (exact) mass is 299 g/mol. The first-order chi connectivity index (χ1) is 10.0. The van der Waals surface area contributed by atoms with Crippen molar-refractivity contribution in [3.05, 3.63) is 35.4 Å². The average Bonchev–Trinajstić information content (AvgIpc) is 2.49. The van der Waals surface area contributed by atoms with Crippen molar-refractivity contribution in [3.8, 4) is 0 Å². The molecule has 0 spiro atoms. The summed E-state index contributed by atoms with van der Waals surface area (Å²) in [6.07, 6.45) is -0.250. The van der Waals surface area contributed by atoms with E-state index in [9.17, 15) is 18.4 Å².